The van der Waals surface area contributed by atoms with Gasteiger partial charge in [0.1, 0.15) is 17.3 Å². The number of hydrogen-bond donors (Lipinski definition) is 1. The number of ether oxygens (including phenoxy) is 1. The van der Waals surface area contributed by atoms with Gasteiger partial charge >= 0.3 is 0 Å². The minimum atomic E-state index is -3.93. The number of rotatable bonds is 6. The molecule has 1 N–H and O–H groups in total. The van der Waals surface area contributed by atoms with Gasteiger partial charge in [0.05, 0.1) is 5.69 Å². The minimum absolute atomic E-state index is 0.0748. The first-order chi connectivity index (χ1) is 15.2. The molecular weight excluding hydrogens is 492 g/mol. The van der Waals surface area contributed by atoms with Crippen LogP contribution in [0.2, 0.25) is 0 Å². The summed E-state index contributed by atoms with van der Waals surface area (Å²) in [6.45, 7) is 3.79. The van der Waals surface area contributed by atoms with Crippen molar-refractivity contribution in [2.45, 2.75) is 37.8 Å². The molecule has 0 spiro atoms. The number of halogens is 1. The number of hydrogen-bond acceptors (Lipinski definition) is 4. The summed E-state index contributed by atoms with van der Waals surface area (Å²) in [5, 5.41) is 0. The van der Waals surface area contributed by atoms with Crippen LogP contribution in [0.25, 0.3) is 0 Å². The Kier molecular flexibility index (Phi) is 6.26. The molecule has 0 aliphatic carbocycles. The molecule has 3 aromatic carbocycles. The highest BCUT2D eigenvalue weighted by molar-refractivity contribution is 9.10. The van der Waals surface area contributed by atoms with Crippen LogP contribution in [0.4, 0.5) is 11.4 Å². The first-order valence-corrected chi connectivity index (χ1v) is 12.4. The summed E-state index contributed by atoms with van der Waals surface area (Å²) in [5.74, 6) is 0.451. The Bertz CT molecular complexity index is 1240. The molecule has 8 heteroatoms. The summed E-state index contributed by atoms with van der Waals surface area (Å²) in [5.41, 5.74) is 2.73. The van der Waals surface area contributed by atoms with E-state index in [1.54, 1.807) is 29.2 Å². The van der Waals surface area contributed by atoms with E-state index in [0.29, 0.717) is 34.6 Å². The molecule has 3 aromatic rings. The van der Waals surface area contributed by atoms with Crippen molar-refractivity contribution in [3.05, 3.63) is 82.3 Å². The fourth-order valence-electron chi connectivity index (χ4n) is 3.93. The molecule has 0 unspecified atom stereocenters. The van der Waals surface area contributed by atoms with Crippen molar-refractivity contribution in [1.29, 1.82) is 0 Å². The Morgan fingerprint density at radius 1 is 1.12 bits per heavy atom. The molecule has 1 heterocycles. The summed E-state index contributed by atoms with van der Waals surface area (Å²) < 4.78 is 35.6. The Labute approximate surface area is 196 Å². The number of carbonyl (C=O) groups is 1. The highest BCUT2D eigenvalue weighted by Gasteiger charge is 2.35. The first kappa shape index (κ1) is 22.4. The van der Waals surface area contributed by atoms with Gasteiger partial charge in [-0.05, 0) is 60.9 Å². The maximum Gasteiger partial charge on any atom is 0.264 e. The van der Waals surface area contributed by atoms with E-state index in [4.69, 9.17) is 4.74 Å². The Morgan fingerprint density at radius 3 is 2.47 bits per heavy atom. The van der Waals surface area contributed by atoms with E-state index in [0.717, 1.165) is 11.1 Å². The van der Waals surface area contributed by atoms with Gasteiger partial charge in [-0.15, -0.1) is 0 Å². The van der Waals surface area contributed by atoms with Crippen molar-refractivity contribution in [1.82, 2.24) is 0 Å². The first-order valence-electron chi connectivity index (χ1n) is 10.2. The molecule has 0 saturated carbocycles. The molecule has 6 nitrogen and oxygen atoms in total. The third-order valence-corrected chi connectivity index (χ3v) is 7.15. The zero-order valence-corrected chi connectivity index (χ0v) is 20.1. The number of carbonyl (C=O) groups excluding carboxylic acids is 1. The van der Waals surface area contributed by atoms with E-state index in [1.165, 1.54) is 13.0 Å². The maximum atomic E-state index is 13.3. The molecule has 1 amide bonds. The molecule has 32 heavy (non-hydrogen) atoms. The number of anilines is 2. The average molecular weight is 515 g/mol. The standard InChI is InChI=1S/C24H23BrN2O4S/c1-16-12-19-13-20(25)14-23(24(19)27(16)17(2)28)32(29,30)26-21-8-10-22(11-9-21)31-15-18-6-4-3-5-7-18/h3-11,13-14,16,26H,12,15H2,1-2H3/t16-/m0/s1. The maximum absolute atomic E-state index is 13.3. The Morgan fingerprint density at radius 2 is 1.81 bits per heavy atom. The molecular formula is C24H23BrN2O4S. The zero-order chi connectivity index (χ0) is 22.9. The highest BCUT2D eigenvalue weighted by atomic mass is 79.9. The van der Waals surface area contributed by atoms with Gasteiger partial charge in [-0.25, -0.2) is 8.42 Å². The molecule has 0 bridgehead atoms. The zero-order valence-electron chi connectivity index (χ0n) is 17.7. The van der Waals surface area contributed by atoms with Crippen molar-refractivity contribution in [2.75, 3.05) is 9.62 Å². The molecule has 1 aliphatic rings. The normalized spacial score (nSPS) is 15.3. The summed E-state index contributed by atoms with van der Waals surface area (Å²) >= 11 is 3.40. The summed E-state index contributed by atoms with van der Waals surface area (Å²) in [6.07, 6.45) is 0.602. The quantitative estimate of drug-likeness (QED) is 0.494. The molecule has 0 fully saturated rings. The van der Waals surface area contributed by atoms with E-state index < -0.39 is 10.0 Å². The number of amides is 1. The lowest BCUT2D eigenvalue weighted by Crippen LogP contribution is -2.34. The van der Waals surface area contributed by atoms with Crippen LogP contribution in [0.5, 0.6) is 5.75 Å². The van der Waals surface area contributed by atoms with Gasteiger partial charge in [0.25, 0.3) is 10.0 Å². The summed E-state index contributed by atoms with van der Waals surface area (Å²) in [7, 11) is -3.93. The number of benzene rings is 3. The van der Waals surface area contributed by atoms with Crippen LogP contribution in [0.15, 0.2) is 76.1 Å². The van der Waals surface area contributed by atoms with E-state index in [9.17, 15) is 13.2 Å². The van der Waals surface area contributed by atoms with E-state index in [-0.39, 0.29) is 16.8 Å². The van der Waals surface area contributed by atoms with Gasteiger partial charge in [-0.2, -0.15) is 0 Å². The largest absolute Gasteiger partial charge is 0.489 e. The summed E-state index contributed by atoms with van der Waals surface area (Å²) in [4.78, 5) is 13.9. The molecule has 0 radical (unpaired) electrons. The average Bonchev–Trinajstić information content (AvgIpc) is 3.08. The molecule has 4 rings (SSSR count). The lowest BCUT2D eigenvalue weighted by Gasteiger charge is -2.23. The third kappa shape index (κ3) is 4.66. The number of nitrogens with one attached hydrogen (secondary N) is 1. The lowest BCUT2D eigenvalue weighted by molar-refractivity contribution is -0.116. The predicted molar refractivity (Wildman–Crippen MR) is 128 cm³/mol. The van der Waals surface area contributed by atoms with Crippen molar-refractivity contribution in [3.63, 3.8) is 0 Å². The fourth-order valence-corrected chi connectivity index (χ4v) is 5.91. The number of fused-ring (bicyclic) bond motifs is 1. The second-order valence-corrected chi connectivity index (χ2v) is 10.3. The molecule has 1 aliphatic heterocycles. The molecule has 0 saturated heterocycles. The van der Waals surface area contributed by atoms with Gasteiger partial charge in [0.2, 0.25) is 5.91 Å². The molecule has 166 valence electrons. The monoisotopic (exact) mass is 514 g/mol. The van der Waals surface area contributed by atoms with Crippen LogP contribution in [0.3, 0.4) is 0 Å². The van der Waals surface area contributed by atoms with Gasteiger partial charge < -0.3 is 9.64 Å². The fraction of sp³-hybridized carbons (Fsp3) is 0.208. The molecule has 0 aromatic heterocycles. The smallest absolute Gasteiger partial charge is 0.264 e. The third-order valence-electron chi connectivity index (χ3n) is 5.30. The number of nitrogens with zero attached hydrogens (tertiary/aromatic N) is 1. The molecule has 1 atom stereocenters. The van der Waals surface area contributed by atoms with E-state index in [1.807, 2.05) is 43.3 Å². The van der Waals surface area contributed by atoms with Crippen LogP contribution >= 0.6 is 15.9 Å². The van der Waals surface area contributed by atoms with Crippen LogP contribution < -0.4 is 14.4 Å². The van der Waals surface area contributed by atoms with Crippen molar-refractivity contribution >= 4 is 43.2 Å². The van der Waals surface area contributed by atoms with Crippen molar-refractivity contribution in [3.8, 4) is 5.75 Å². The van der Waals surface area contributed by atoms with Gasteiger partial charge in [-0.1, -0.05) is 46.3 Å². The Balaban J connectivity index is 1.56. The highest BCUT2D eigenvalue weighted by Crippen LogP contribution is 2.40. The van der Waals surface area contributed by atoms with Crippen LogP contribution in [-0.2, 0) is 27.8 Å². The second kappa shape index (κ2) is 8.96. The topological polar surface area (TPSA) is 75.7 Å². The predicted octanol–water partition coefficient (Wildman–Crippen LogP) is 5.13. The van der Waals surface area contributed by atoms with Crippen LogP contribution in [0.1, 0.15) is 25.0 Å². The van der Waals surface area contributed by atoms with Gasteiger partial charge in [0, 0.05) is 23.1 Å². The van der Waals surface area contributed by atoms with Crippen molar-refractivity contribution < 1.29 is 17.9 Å². The SMILES string of the molecule is CC(=O)N1c2c(cc(Br)cc2S(=O)(=O)Nc2ccc(OCc3ccccc3)cc2)C[C@@H]1C. The van der Waals surface area contributed by atoms with Crippen molar-refractivity contribution in [2.24, 2.45) is 0 Å². The lowest BCUT2D eigenvalue weighted by atomic mass is 10.1. The van der Waals surface area contributed by atoms with Gasteiger partial charge in [0.15, 0.2) is 0 Å². The summed E-state index contributed by atoms with van der Waals surface area (Å²) in [6, 6.07) is 19.8. The number of sulfonamides is 1. The second-order valence-electron chi connectivity index (χ2n) is 7.76. The van der Waals surface area contributed by atoms with E-state index >= 15 is 0 Å². The van der Waals surface area contributed by atoms with E-state index in [2.05, 4.69) is 20.7 Å². The van der Waals surface area contributed by atoms with Crippen LogP contribution in [0, 0.1) is 0 Å². The Hall–Kier alpha value is -2.84. The van der Waals surface area contributed by atoms with Gasteiger partial charge in [-0.3, -0.25) is 9.52 Å². The van der Waals surface area contributed by atoms with Crippen LogP contribution in [-0.4, -0.2) is 20.4 Å². The minimum Gasteiger partial charge on any atom is -0.489 e.